The van der Waals surface area contributed by atoms with E-state index in [1.165, 1.54) is 12.3 Å². The molecule has 4 aromatic rings. The molecule has 5 N–H and O–H groups in total. The number of carbonyl (C=O) groups excluding carboxylic acids is 1. The molecule has 0 bridgehead atoms. The Balaban J connectivity index is 1.87. The van der Waals surface area contributed by atoms with Gasteiger partial charge in [0.2, 0.25) is 0 Å². The number of anilines is 2. The summed E-state index contributed by atoms with van der Waals surface area (Å²) >= 11 is 6.21. The molecule has 2 aromatic carbocycles. The molecule has 0 radical (unpaired) electrons. The number of aromatic amines is 1. The molecule has 0 aliphatic heterocycles. The van der Waals surface area contributed by atoms with E-state index in [4.69, 9.17) is 17.3 Å². The second-order valence-electron chi connectivity index (χ2n) is 8.71. The SMILES string of the molecule is CCN(c1ccc(Cl)cc1CNc1nc(-c2cc(F)c(O)cc2CC(F)(F)F)cc2[nH]nc(C(N)=O)c12)S(C)=O. The zero-order chi connectivity index (χ0) is 29.4. The number of hydrogen-bond donors (Lipinski definition) is 4. The highest BCUT2D eigenvalue weighted by molar-refractivity contribution is 7.85. The molecule has 0 saturated heterocycles. The number of aromatic nitrogens is 3. The molecule has 0 fully saturated rings. The van der Waals surface area contributed by atoms with Gasteiger partial charge in [-0.25, -0.2) is 13.6 Å². The average Bonchev–Trinajstić information content (AvgIpc) is 3.29. The maximum absolute atomic E-state index is 14.3. The van der Waals surface area contributed by atoms with E-state index in [2.05, 4.69) is 20.5 Å². The van der Waals surface area contributed by atoms with Gasteiger partial charge >= 0.3 is 6.18 Å². The first-order chi connectivity index (χ1) is 18.8. The van der Waals surface area contributed by atoms with Crippen LogP contribution in [0.15, 0.2) is 36.4 Å². The zero-order valence-corrected chi connectivity index (χ0v) is 22.6. The van der Waals surface area contributed by atoms with Crippen molar-refractivity contribution in [1.82, 2.24) is 15.2 Å². The number of aromatic hydroxyl groups is 1. The van der Waals surface area contributed by atoms with Crippen molar-refractivity contribution >= 4 is 50.9 Å². The molecule has 1 amide bonds. The molecule has 4 rings (SSSR count). The molecule has 0 aliphatic rings. The molecule has 0 spiro atoms. The van der Waals surface area contributed by atoms with Crippen LogP contribution in [0.5, 0.6) is 5.75 Å². The lowest BCUT2D eigenvalue weighted by Gasteiger charge is -2.23. The Morgan fingerprint density at radius 1 is 1.23 bits per heavy atom. The summed E-state index contributed by atoms with van der Waals surface area (Å²) < 4.78 is 68.2. The van der Waals surface area contributed by atoms with Gasteiger partial charge in [-0.3, -0.25) is 14.2 Å². The van der Waals surface area contributed by atoms with Crippen molar-refractivity contribution in [3.63, 3.8) is 0 Å². The molecule has 40 heavy (non-hydrogen) atoms. The van der Waals surface area contributed by atoms with Crippen molar-refractivity contribution in [2.24, 2.45) is 5.73 Å². The summed E-state index contributed by atoms with van der Waals surface area (Å²) in [7, 11) is -1.37. The number of nitrogens with zero attached hydrogens (tertiary/aromatic N) is 3. The fraction of sp³-hybridized carbons (Fsp3) is 0.240. The molecule has 0 saturated carbocycles. The predicted octanol–water partition coefficient (Wildman–Crippen LogP) is 5.06. The summed E-state index contributed by atoms with van der Waals surface area (Å²) in [5, 5.41) is 19.9. The van der Waals surface area contributed by atoms with E-state index in [0.29, 0.717) is 28.9 Å². The Labute approximate surface area is 232 Å². The van der Waals surface area contributed by atoms with Crippen LogP contribution in [0.3, 0.4) is 0 Å². The highest BCUT2D eigenvalue weighted by Crippen LogP contribution is 2.36. The lowest BCUT2D eigenvalue weighted by molar-refractivity contribution is -0.127. The number of amides is 1. The van der Waals surface area contributed by atoms with Gasteiger partial charge in [0.1, 0.15) is 16.8 Å². The van der Waals surface area contributed by atoms with Crippen molar-refractivity contribution in [2.45, 2.75) is 26.1 Å². The molecule has 15 heteroatoms. The Morgan fingerprint density at radius 3 is 2.58 bits per heavy atom. The normalized spacial score (nSPS) is 12.5. The number of hydrogen-bond acceptors (Lipinski definition) is 6. The zero-order valence-electron chi connectivity index (χ0n) is 21.1. The molecular formula is C25H23ClF4N6O3S. The number of fused-ring (bicyclic) bond motifs is 1. The highest BCUT2D eigenvalue weighted by Gasteiger charge is 2.30. The smallest absolute Gasteiger partial charge is 0.393 e. The first-order valence-electron chi connectivity index (χ1n) is 11.7. The Hall–Kier alpha value is -3.91. The van der Waals surface area contributed by atoms with Gasteiger partial charge in [-0.1, -0.05) is 11.6 Å². The Kier molecular flexibility index (Phi) is 8.21. The maximum Gasteiger partial charge on any atom is 0.393 e. The number of primary amides is 1. The summed E-state index contributed by atoms with van der Waals surface area (Å²) in [5.41, 5.74) is 5.94. The van der Waals surface area contributed by atoms with Gasteiger partial charge in [-0.2, -0.15) is 18.3 Å². The van der Waals surface area contributed by atoms with Crippen molar-refractivity contribution in [3.05, 3.63) is 64.1 Å². The van der Waals surface area contributed by atoms with E-state index >= 15 is 0 Å². The van der Waals surface area contributed by atoms with Crippen LogP contribution in [0, 0.1) is 5.82 Å². The van der Waals surface area contributed by atoms with Gasteiger partial charge in [0, 0.05) is 29.9 Å². The van der Waals surface area contributed by atoms with E-state index in [-0.39, 0.29) is 40.2 Å². The highest BCUT2D eigenvalue weighted by atomic mass is 35.5. The number of alkyl halides is 3. The molecule has 0 aliphatic carbocycles. The van der Waals surface area contributed by atoms with Crippen LogP contribution in [0.1, 0.15) is 28.5 Å². The lowest BCUT2D eigenvalue weighted by atomic mass is 9.99. The molecule has 1 atom stereocenters. The Bertz CT molecular complexity index is 1630. The maximum atomic E-state index is 14.3. The fourth-order valence-corrected chi connectivity index (χ4v) is 5.32. The van der Waals surface area contributed by atoms with Crippen LogP contribution in [0.2, 0.25) is 5.02 Å². The molecule has 1 unspecified atom stereocenters. The minimum atomic E-state index is -4.66. The van der Waals surface area contributed by atoms with E-state index in [0.717, 1.165) is 6.07 Å². The van der Waals surface area contributed by atoms with Crippen LogP contribution < -0.4 is 15.4 Å². The summed E-state index contributed by atoms with van der Waals surface area (Å²) in [5.74, 6) is -2.97. The van der Waals surface area contributed by atoms with Gasteiger partial charge in [0.25, 0.3) is 5.91 Å². The number of nitrogens with two attached hydrogens (primary N) is 1. The second-order valence-corrected chi connectivity index (χ2v) is 10.4. The standard InChI is InChI=1S/C25H23ClF4N6O3S/c1-3-36(40(2)39)19-5-4-14(26)6-13(19)11-32-24-21-18(34-35-22(21)23(31)38)9-17(33-24)15-8-16(27)20(37)7-12(15)10-25(28,29)30/h4-9,37H,3,10-11H2,1-2H3,(H2,31,38)(H,32,33)(H,34,35). The first kappa shape index (κ1) is 29.1. The van der Waals surface area contributed by atoms with Crippen LogP contribution >= 0.6 is 11.6 Å². The van der Waals surface area contributed by atoms with Gasteiger partial charge in [-0.15, -0.1) is 0 Å². The molecule has 9 nitrogen and oxygen atoms in total. The third-order valence-electron chi connectivity index (χ3n) is 5.97. The lowest BCUT2D eigenvalue weighted by Crippen LogP contribution is -2.25. The van der Waals surface area contributed by atoms with Crippen LogP contribution in [0.25, 0.3) is 22.2 Å². The number of nitrogens with one attached hydrogen (secondary N) is 2. The summed E-state index contributed by atoms with van der Waals surface area (Å²) in [6, 6.07) is 7.72. The number of H-pyrrole nitrogens is 1. The largest absolute Gasteiger partial charge is 0.505 e. The molecule has 2 aromatic heterocycles. The fourth-order valence-electron chi connectivity index (χ4n) is 4.30. The van der Waals surface area contributed by atoms with E-state index in [1.54, 1.807) is 22.5 Å². The number of pyridine rings is 1. The van der Waals surface area contributed by atoms with Crippen molar-refractivity contribution in [3.8, 4) is 17.0 Å². The molecule has 212 valence electrons. The number of halogens is 5. The minimum absolute atomic E-state index is 0.00749. The number of carbonyl (C=O) groups is 1. The number of benzene rings is 2. The third-order valence-corrected chi connectivity index (χ3v) is 7.28. The second kappa shape index (κ2) is 11.3. The predicted molar refractivity (Wildman–Crippen MR) is 145 cm³/mol. The first-order valence-corrected chi connectivity index (χ1v) is 13.6. The quantitative estimate of drug-likeness (QED) is 0.199. The van der Waals surface area contributed by atoms with Gasteiger partial charge < -0.3 is 16.2 Å². The number of phenols is 1. The van der Waals surface area contributed by atoms with Crippen molar-refractivity contribution < 1.29 is 31.7 Å². The summed E-state index contributed by atoms with van der Waals surface area (Å²) in [4.78, 5) is 16.5. The summed E-state index contributed by atoms with van der Waals surface area (Å²) in [6.45, 7) is 2.26. The van der Waals surface area contributed by atoms with Crippen LogP contribution in [-0.4, -0.2) is 49.4 Å². The number of rotatable bonds is 9. The van der Waals surface area contributed by atoms with Crippen molar-refractivity contribution in [1.29, 1.82) is 0 Å². The van der Waals surface area contributed by atoms with Crippen molar-refractivity contribution in [2.75, 3.05) is 22.4 Å². The van der Waals surface area contributed by atoms with Gasteiger partial charge in [0.15, 0.2) is 17.3 Å². The molecular weight excluding hydrogens is 576 g/mol. The van der Waals surface area contributed by atoms with E-state index < -0.39 is 46.6 Å². The van der Waals surface area contributed by atoms with Gasteiger partial charge in [0.05, 0.1) is 28.7 Å². The Morgan fingerprint density at radius 2 is 1.95 bits per heavy atom. The van der Waals surface area contributed by atoms with E-state index in [1.807, 2.05) is 6.92 Å². The summed E-state index contributed by atoms with van der Waals surface area (Å²) in [6.07, 6.45) is -4.60. The minimum Gasteiger partial charge on any atom is -0.505 e. The van der Waals surface area contributed by atoms with E-state index in [9.17, 15) is 31.7 Å². The topological polar surface area (TPSA) is 137 Å². The monoisotopic (exact) mass is 598 g/mol. The van der Waals surface area contributed by atoms with Crippen LogP contribution in [0.4, 0.5) is 29.1 Å². The third kappa shape index (κ3) is 6.12. The molecule has 2 heterocycles. The average molecular weight is 599 g/mol. The number of phenolic OH excluding ortho intramolecular Hbond substituents is 1. The van der Waals surface area contributed by atoms with Gasteiger partial charge in [-0.05, 0) is 54.4 Å². The van der Waals surface area contributed by atoms with Crippen LogP contribution in [-0.2, 0) is 24.0 Å².